The Bertz CT molecular complexity index is 398. The Kier molecular flexibility index (Phi) is 3.67. The fraction of sp³-hybridized carbons (Fsp3) is 0.625. The van der Waals surface area contributed by atoms with Crippen LogP contribution < -0.4 is 5.73 Å². The third-order valence-corrected chi connectivity index (χ3v) is 4.62. The van der Waals surface area contributed by atoms with Crippen molar-refractivity contribution >= 4 is 0 Å². The average Bonchev–Trinajstić information content (AvgIpc) is 2.47. The summed E-state index contributed by atoms with van der Waals surface area (Å²) in [5, 5.41) is 0. The van der Waals surface area contributed by atoms with Crippen molar-refractivity contribution < 1.29 is 4.74 Å². The molecule has 0 radical (unpaired) electrons. The number of nitrogens with two attached hydrogens (primary N) is 1. The smallest absolute Gasteiger partial charge is 0.0509 e. The third kappa shape index (κ3) is 2.32. The maximum atomic E-state index is 6.56. The van der Waals surface area contributed by atoms with Crippen LogP contribution in [0.3, 0.4) is 0 Å². The largest absolute Gasteiger partial charge is 0.381 e. The number of aryl methyl sites for hydroxylation is 1. The minimum atomic E-state index is 0.270. The second kappa shape index (κ2) is 5.41. The topological polar surface area (TPSA) is 35.2 Å². The van der Waals surface area contributed by atoms with Gasteiger partial charge in [0.2, 0.25) is 0 Å². The van der Waals surface area contributed by atoms with Crippen LogP contribution >= 0.6 is 0 Å². The monoisotopic (exact) mass is 245 g/mol. The summed E-state index contributed by atoms with van der Waals surface area (Å²) in [5.74, 6) is 1.09. The summed E-state index contributed by atoms with van der Waals surface area (Å²) in [6, 6.07) is 9.12. The molecule has 1 fully saturated rings. The van der Waals surface area contributed by atoms with Gasteiger partial charge < -0.3 is 10.5 Å². The first-order valence-electron chi connectivity index (χ1n) is 7.27. The molecule has 3 rings (SSSR count). The van der Waals surface area contributed by atoms with Gasteiger partial charge in [-0.3, -0.25) is 0 Å². The second-order valence-corrected chi connectivity index (χ2v) is 5.75. The molecule has 1 aromatic carbocycles. The van der Waals surface area contributed by atoms with Crippen molar-refractivity contribution in [2.75, 3.05) is 13.2 Å². The number of rotatable bonds is 2. The van der Waals surface area contributed by atoms with Gasteiger partial charge in [-0.2, -0.15) is 0 Å². The van der Waals surface area contributed by atoms with E-state index in [4.69, 9.17) is 10.5 Å². The molecule has 2 aliphatic rings. The summed E-state index contributed by atoms with van der Waals surface area (Å²) in [4.78, 5) is 0. The molecule has 0 saturated carbocycles. The molecule has 3 unspecified atom stereocenters. The van der Waals surface area contributed by atoms with Crippen molar-refractivity contribution in [3.8, 4) is 0 Å². The van der Waals surface area contributed by atoms with Crippen molar-refractivity contribution in [1.29, 1.82) is 0 Å². The van der Waals surface area contributed by atoms with E-state index in [1.54, 1.807) is 0 Å². The number of benzene rings is 1. The molecule has 1 aromatic rings. The summed E-state index contributed by atoms with van der Waals surface area (Å²) < 4.78 is 5.60. The number of fused-ring (bicyclic) bond motifs is 1. The highest BCUT2D eigenvalue weighted by atomic mass is 16.5. The molecule has 98 valence electrons. The number of hydrogen-bond acceptors (Lipinski definition) is 2. The fourth-order valence-corrected chi connectivity index (χ4v) is 3.59. The van der Waals surface area contributed by atoms with Gasteiger partial charge in [-0.15, -0.1) is 0 Å². The molecular formula is C16H23NO. The molecule has 0 aromatic heterocycles. The predicted molar refractivity (Wildman–Crippen MR) is 73.6 cm³/mol. The minimum Gasteiger partial charge on any atom is -0.381 e. The molecule has 1 heterocycles. The van der Waals surface area contributed by atoms with Crippen molar-refractivity contribution in [2.45, 2.75) is 44.1 Å². The molecule has 1 aliphatic carbocycles. The highest BCUT2D eigenvalue weighted by Crippen LogP contribution is 2.36. The van der Waals surface area contributed by atoms with Gasteiger partial charge in [-0.1, -0.05) is 24.3 Å². The summed E-state index contributed by atoms with van der Waals surface area (Å²) in [5.41, 5.74) is 9.57. The van der Waals surface area contributed by atoms with Crippen molar-refractivity contribution in [3.05, 3.63) is 35.4 Å². The first-order valence-corrected chi connectivity index (χ1v) is 7.27. The summed E-state index contributed by atoms with van der Waals surface area (Å²) in [6.07, 6.45) is 6.16. The van der Waals surface area contributed by atoms with Crippen molar-refractivity contribution in [1.82, 2.24) is 0 Å². The third-order valence-electron chi connectivity index (χ3n) is 4.62. The molecule has 2 heteroatoms. The van der Waals surface area contributed by atoms with Gasteiger partial charge in [-0.25, -0.2) is 0 Å². The number of ether oxygens (including phenoxy) is 1. The van der Waals surface area contributed by atoms with Gasteiger partial charge in [0, 0.05) is 12.6 Å². The van der Waals surface area contributed by atoms with E-state index in [0.717, 1.165) is 13.2 Å². The van der Waals surface area contributed by atoms with Crippen LogP contribution in [0.25, 0.3) is 0 Å². The zero-order valence-corrected chi connectivity index (χ0v) is 11.0. The van der Waals surface area contributed by atoms with Gasteiger partial charge in [0.1, 0.15) is 0 Å². The van der Waals surface area contributed by atoms with E-state index in [1.165, 1.54) is 43.2 Å². The van der Waals surface area contributed by atoms with Gasteiger partial charge in [0.05, 0.1) is 6.61 Å². The first-order chi connectivity index (χ1) is 8.86. The Labute approximate surface area is 110 Å². The second-order valence-electron chi connectivity index (χ2n) is 5.75. The van der Waals surface area contributed by atoms with Crippen LogP contribution in [0.5, 0.6) is 0 Å². The molecule has 1 saturated heterocycles. The zero-order chi connectivity index (χ0) is 12.4. The molecule has 0 spiro atoms. The van der Waals surface area contributed by atoms with Crippen LogP contribution in [0.4, 0.5) is 0 Å². The zero-order valence-electron chi connectivity index (χ0n) is 11.0. The molecule has 0 bridgehead atoms. The first kappa shape index (κ1) is 12.2. The summed E-state index contributed by atoms with van der Waals surface area (Å²) >= 11 is 0. The lowest BCUT2D eigenvalue weighted by molar-refractivity contribution is 0.0402. The molecular weight excluding hydrogens is 222 g/mol. The van der Waals surface area contributed by atoms with E-state index in [-0.39, 0.29) is 6.04 Å². The van der Waals surface area contributed by atoms with Crippen LogP contribution in [-0.4, -0.2) is 19.3 Å². The lowest BCUT2D eigenvalue weighted by atomic mass is 9.74. The number of hydrogen-bond donors (Lipinski definition) is 1. The molecule has 3 atom stereocenters. The van der Waals surface area contributed by atoms with E-state index < -0.39 is 0 Å². The SMILES string of the molecule is NC(C1CCCOC1)C1CCCc2ccccc21. The van der Waals surface area contributed by atoms with Gasteiger partial charge in [0.15, 0.2) is 0 Å². The van der Waals surface area contributed by atoms with E-state index in [9.17, 15) is 0 Å². The predicted octanol–water partition coefficient (Wildman–Crippen LogP) is 2.86. The molecule has 1 aliphatic heterocycles. The Morgan fingerprint density at radius 2 is 2.06 bits per heavy atom. The Morgan fingerprint density at radius 1 is 1.17 bits per heavy atom. The quantitative estimate of drug-likeness (QED) is 0.869. The molecule has 2 N–H and O–H groups in total. The average molecular weight is 245 g/mol. The molecule has 2 nitrogen and oxygen atoms in total. The lowest BCUT2D eigenvalue weighted by Gasteiger charge is -2.36. The minimum absolute atomic E-state index is 0.270. The van der Waals surface area contributed by atoms with Crippen LogP contribution in [0, 0.1) is 5.92 Å². The standard InChI is InChI=1S/C16H23NO/c17-16(13-7-4-10-18-11-13)15-9-3-6-12-5-1-2-8-14(12)15/h1-2,5,8,13,15-16H,3-4,6-7,9-11,17H2. The normalized spacial score (nSPS) is 29.6. The fourth-order valence-electron chi connectivity index (χ4n) is 3.59. The van der Waals surface area contributed by atoms with E-state index in [0.29, 0.717) is 11.8 Å². The highest BCUT2D eigenvalue weighted by molar-refractivity contribution is 5.33. The Hall–Kier alpha value is -0.860. The van der Waals surface area contributed by atoms with Crippen molar-refractivity contribution in [2.24, 2.45) is 11.7 Å². The van der Waals surface area contributed by atoms with E-state index >= 15 is 0 Å². The van der Waals surface area contributed by atoms with E-state index in [1.807, 2.05) is 0 Å². The Balaban J connectivity index is 1.80. The van der Waals surface area contributed by atoms with Crippen LogP contribution in [0.2, 0.25) is 0 Å². The molecule has 0 amide bonds. The lowest BCUT2D eigenvalue weighted by Crippen LogP contribution is -2.41. The van der Waals surface area contributed by atoms with Gasteiger partial charge in [0.25, 0.3) is 0 Å². The Morgan fingerprint density at radius 3 is 2.89 bits per heavy atom. The van der Waals surface area contributed by atoms with Gasteiger partial charge >= 0.3 is 0 Å². The van der Waals surface area contributed by atoms with Crippen LogP contribution in [0.1, 0.15) is 42.7 Å². The van der Waals surface area contributed by atoms with E-state index in [2.05, 4.69) is 24.3 Å². The van der Waals surface area contributed by atoms with Crippen molar-refractivity contribution in [3.63, 3.8) is 0 Å². The van der Waals surface area contributed by atoms with Crippen LogP contribution in [0.15, 0.2) is 24.3 Å². The highest BCUT2D eigenvalue weighted by Gasteiger charge is 2.31. The maximum absolute atomic E-state index is 6.56. The molecule has 18 heavy (non-hydrogen) atoms. The van der Waals surface area contributed by atoms with Gasteiger partial charge in [-0.05, 0) is 55.1 Å². The summed E-state index contributed by atoms with van der Waals surface area (Å²) in [7, 11) is 0. The summed E-state index contributed by atoms with van der Waals surface area (Å²) in [6.45, 7) is 1.78. The van der Waals surface area contributed by atoms with Crippen LogP contribution in [-0.2, 0) is 11.2 Å². The maximum Gasteiger partial charge on any atom is 0.0509 e.